The molecule has 0 unspecified atom stereocenters. The van der Waals surface area contributed by atoms with Gasteiger partial charge in [0, 0.05) is 0 Å². The van der Waals surface area contributed by atoms with E-state index < -0.39 is 5.97 Å². The first-order valence-corrected chi connectivity index (χ1v) is 10.5. The first-order valence-electron chi connectivity index (χ1n) is 9.69. The van der Waals surface area contributed by atoms with Gasteiger partial charge in [-0.3, -0.25) is 14.5 Å². The lowest BCUT2D eigenvalue weighted by Crippen LogP contribution is -2.27. The quantitative estimate of drug-likeness (QED) is 0.449. The van der Waals surface area contributed by atoms with Crippen molar-refractivity contribution < 1.29 is 28.6 Å². The molecule has 0 atom stereocenters. The van der Waals surface area contributed by atoms with Crippen LogP contribution in [0.25, 0.3) is 6.08 Å². The maximum absolute atomic E-state index is 12.8. The Hall–Kier alpha value is -3.26. The van der Waals surface area contributed by atoms with Crippen LogP contribution in [-0.4, -0.2) is 42.3 Å². The minimum atomic E-state index is -0.476. The zero-order valence-electron chi connectivity index (χ0n) is 17.5. The first kappa shape index (κ1) is 22.4. The van der Waals surface area contributed by atoms with Crippen LogP contribution in [0, 0.1) is 6.92 Å². The lowest BCUT2D eigenvalue weighted by atomic mass is 10.1. The number of carbonyl (C=O) groups excluding carboxylic acids is 3. The van der Waals surface area contributed by atoms with Gasteiger partial charge in [0.05, 0.1) is 25.2 Å². The summed E-state index contributed by atoms with van der Waals surface area (Å²) in [6, 6.07) is 12.7. The Morgan fingerprint density at radius 2 is 1.90 bits per heavy atom. The molecule has 0 N–H and O–H groups in total. The number of hydrogen-bond donors (Lipinski definition) is 0. The highest BCUT2D eigenvalue weighted by atomic mass is 32.2. The molecule has 1 fully saturated rings. The van der Waals surface area contributed by atoms with Crippen molar-refractivity contribution in [2.75, 3.05) is 20.3 Å². The van der Waals surface area contributed by atoms with Gasteiger partial charge in [0.2, 0.25) is 0 Å². The Morgan fingerprint density at radius 3 is 2.61 bits per heavy atom. The second kappa shape index (κ2) is 10.2. The Morgan fingerprint density at radius 1 is 1.13 bits per heavy atom. The minimum absolute atomic E-state index is 0.235. The van der Waals surface area contributed by atoms with Crippen molar-refractivity contribution in [2.24, 2.45) is 0 Å². The SMILES string of the molecule is CCOC(=O)COc1ccc(/C=C2\SC(=O)N(Cc3ccccc3C)C2=O)cc1OC. The van der Waals surface area contributed by atoms with E-state index in [2.05, 4.69) is 0 Å². The zero-order chi connectivity index (χ0) is 22.4. The highest BCUT2D eigenvalue weighted by molar-refractivity contribution is 8.18. The van der Waals surface area contributed by atoms with Gasteiger partial charge in [-0.15, -0.1) is 0 Å². The molecule has 8 heteroatoms. The lowest BCUT2D eigenvalue weighted by Gasteiger charge is -2.14. The molecule has 2 aromatic rings. The van der Waals surface area contributed by atoms with E-state index in [1.165, 1.54) is 12.0 Å². The fraction of sp³-hybridized carbons (Fsp3) is 0.261. The van der Waals surface area contributed by atoms with Crippen LogP contribution in [0.15, 0.2) is 47.4 Å². The smallest absolute Gasteiger partial charge is 0.344 e. The summed E-state index contributed by atoms with van der Waals surface area (Å²) in [7, 11) is 1.48. The molecule has 1 saturated heterocycles. The van der Waals surface area contributed by atoms with Crippen molar-refractivity contribution in [2.45, 2.75) is 20.4 Å². The van der Waals surface area contributed by atoms with E-state index in [0.717, 1.165) is 22.9 Å². The van der Waals surface area contributed by atoms with Gasteiger partial charge in [0.25, 0.3) is 11.1 Å². The highest BCUT2D eigenvalue weighted by Crippen LogP contribution is 2.35. The number of hydrogen-bond acceptors (Lipinski definition) is 7. The van der Waals surface area contributed by atoms with Crippen LogP contribution in [0.5, 0.6) is 11.5 Å². The van der Waals surface area contributed by atoms with Crippen LogP contribution in [0.2, 0.25) is 0 Å². The average molecular weight is 442 g/mol. The van der Waals surface area contributed by atoms with E-state index in [9.17, 15) is 14.4 Å². The number of esters is 1. The van der Waals surface area contributed by atoms with Gasteiger partial charge >= 0.3 is 5.97 Å². The van der Waals surface area contributed by atoms with Crippen molar-refractivity contribution in [3.8, 4) is 11.5 Å². The molecule has 31 heavy (non-hydrogen) atoms. The molecule has 1 heterocycles. The van der Waals surface area contributed by atoms with E-state index in [1.54, 1.807) is 31.2 Å². The fourth-order valence-corrected chi connectivity index (χ4v) is 3.82. The number of amides is 2. The predicted molar refractivity (Wildman–Crippen MR) is 118 cm³/mol. The van der Waals surface area contributed by atoms with Crippen molar-refractivity contribution in [1.29, 1.82) is 0 Å². The largest absolute Gasteiger partial charge is 0.493 e. The Kier molecular flexibility index (Phi) is 7.36. The second-order valence-corrected chi connectivity index (χ2v) is 7.69. The number of imide groups is 1. The molecule has 2 amide bonds. The number of ether oxygens (including phenoxy) is 3. The molecule has 1 aliphatic heterocycles. The average Bonchev–Trinajstić information content (AvgIpc) is 3.01. The summed E-state index contributed by atoms with van der Waals surface area (Å²) in [6.45, 7) is 3.94. The van der Waals surface area contributed by atoms with E-state index in [1.807, 2.05) is 31.2 Å². The van der Waals surface area contributed by atoms with Gasteiger partial charge in [-0.05, 0) is 60.5 Å². The molecule has 7 nitrogen and oxygen atoms in total. The van der Waals surface area contributed by atoms with Crippen LogP contribution in [0.4, 0.5) is 4.79 Å². The van der Waals surface area contributed by atoms with Gasteiger partial charge in [-0.25, -0.2) is 4.79 Å². The van der Waals surface area contributed by atoms with Crippen LogP contribution >= 0.6 is 11.8 Å². The van der Waals surface area contributed by atoms with Crippen molar-refractivity contribution in [3.05, 3.63) is 64.1 Å². The van der Waals surface area contributed by atoms with Crippen molar-refractivity contribution in [3.63, 3.8) is 0 Å². The van der Waals surface area contributed by atoms with E-state index in [-0.39, 0.29) is 30.9 Å². The lowest BCUT2D eigenvalue weighted by molar-refractivity contribution is -0.145. The molecule has 0 aliphatic carbocycles. The Balaban J connectivity index is 1.75. The monoisotopic (exact) mass is 441 g/mol. The van der Waals surface area contributed by atoms with Gasteiger partial charge in [-0.1, -0.05) is 30.3 Å². The summed E-state index contributed by atoms with van der Waals surface area (Å²) in [5, 5.41) is -0.305. The minimum Gasteiger partial charge on any atom is -0.493 e. The first-order chi connectivity index (χ1) is 14.9. The maximum Gasteiger partial charge on any atom is 0.344 e. The standard InChI is InChI=1S/C23H23NO6S/c1-4-29-21(25)14-30-18-10-9-16(11-19(18)28-3)12-20-22(26)24(23(27)31-20)13-17-8-6-5-7-15(17)2/h5-12H,4,13-14H2,1-3H3/b20-12-. The maximum atomic E-state index is 12.8. The molecule has 0 radical (unpaired) electrons. The summed E-state index contributed by atoms with van der Waals surface area (Å²) in [4.78, 5) is 38.3. The molecular weight excluding hydrogens is 418 g/mol. The van der Waals surface area contributed by atoms with Gasteiger partial charge in [0.15, 0.2) is 18.1 Å². The molecule has 162 valence electrons. The molecule has 3 rings (SSSR count). The van der Waals surface area contributed by atoms with Gasteiger partial charge in [-0.2, -0.15) is 0 Å². The number of thioether (sulfide) groups is 1. The van der Waals surface area contributed by atoms with E-state index in [4.69, 9.17) is 14.2 Å². The van der Waals surface area contributed by atoms with Gasteiger partial charge < -0.3 is 14.2 Å². The van der Waals surface area contributed by atoms with E-state index >= 15 is 0 Å². The number of nitrogens with zero attached hydrogens (tertiary/aromatic N) is 1. The summed E-state index contributed by atoms with van der Waals surface area (Å²) in [6.07, 6.45) is 1.64. The summed E-state index contributed by atoms with van der Waals surface area (Å²) >= 11 is 0.904. The number of methoxy groups -OCH3 is 1. The fourth-order valence-electron chi connectivity index (χ4n) is 2.98. The van der Waals surface area contributed by atoms with Crippen LogP contribution < -0.4 is 9.47 Å². The third kappa shape index (κ3) is 5.46. The molecule has 2 aromatic carbocycles. The number of benzene rings is 2. The third-order valence-corrected chi connectivity index (χ3v) is 5.51. The Bertz CT molecular complexity index is 1030. The Labute approximate surface area is 185 Å². The summed E-state index contributed by atoms with van der Waals surface area (Å²) < 4.78 is 15.6. The molecule has 0 spiro atoms. The number of carbonyl (C=O) groups is 3. The van der Waals surface area contributed by atoms with Crippen LogP contribution in [0.1, 0.15) is 23.6 Å². The van der Waals surface area contributed by atoms with Crippen LogP contribution in [0.3, 0.4) is 0 Å². The van der Waals surface area contributed by atoms with E-state index in [0.29, 0.717) is 22.0 Å². The number of aryl methyl sites for hydroxylation is 1. The van der Waals surface area contributed by atoms with Crippen molar-refractivity contribution >= 4 is 35.0 Å². The predicted octanol–water partition coefficient (Wildman–Crippen LogP) is 4.18. The van der Waals surface area contributed by atoms with Gasteiger partial charge in [0.1, 0.15) is 0 Å². The third-order valence-electron chi connectivity index (χ3n) is 4.60. The molecule has 0 aromatic heterocycles. The number of rotatable bonds is 8. The normalized spacial score (nSPS) is 14.8. The van der Waals surface area contributed by atoms with Crippen LogP contribution in [-0.2, 0) is 20.9 Å². The summed E-state index contributed by atoms with van der Waals surface area (Å²) in [5.41, 5.74) is 2.62. The summed E-state index contributed by atoms with van der Waals surface area (Å²) in [5.74, 6) is -0.0339. The second-order valence-electron chi connectivity index (χ2n) is 6.70. The van der Waals surface area contributed by atoms with Crippen molar-refractivity contribution in [1.82, 2.24) is 4.90 Å². The highest BCUT2D eigenvalue weighted by Gasteiger charge is 2.35. The topological polar surface area (TPSA) is 82.1 Å². The molecule has 0 bridgehead atoms. The molecule has 1 aliphatic rings. The molecule has 0 saturated carbocycles. The molecular formula is C23H23NO6S. The zero-order valence-corrected chi connectivity index (χ0v) is 18.4.